The zero-order valence-corrected chi connectivity index (χ0v) is 15.1. The molecule has 2 amide bonds. The fourth-order valence-corrected chi connectivity index (χ4v) is 3.50. The summed E-state index contributed by atoms with van der Waals surface area (Å²) < 4.78 is 5.34. The first-order valence-electron chi connectivity index (χ1n) is 8.15. The molecule has 0 saturated carbocycles. The smallest absolute Gasteiger partial charge is 0.271 e. The third-order valence-corrected chi connectivity index (χ3v) is 5.00. The predicted molar refractivity (Wildman–Crippen MR) is 93.0 cm³/mol. The predicted octanol–water partition coefficient (Wildman–Crippen LogP) is 3.23. The monoisotopic (exact) mass is 349 g/mol. The molecule has 0 atom stereocenters. The summed E-state index contributed by atoms with van der Waals surface area (Å²) in [6.45, 7) is 6.30. The van der Waals surface area contributed by atoms with Crippen molar-refractivity contribution in [3.8, 4) is 0 Å². The Kier molecular flexibility index (Phi) is 6.14. The van der Waals surface area contributed by atoms with E-state index in [1.165, 1.54) is 11.3 Å². The number of hydrogen-bond acceptors (Lipinski definition) is 5. The second-order valence-corrected chi connectivity index (χ2v) is 6.48. The van der Waals surface area contributed by atoms with Crippen molar-refractivity contribution in [2.45, 2.75) is 52.6 Å². The van der Waals surface area contributed by atoms with Gasteiger partial charge >= 0.3 is 0 Å². The van der Waals surface area contributed by atoms with Gasteiger partial charge in [0.15, 0.2) is 11.5 Å². The minimum atomic E-state index is -0.611. The van der Waals surface area contributed by atoms with E-state index in [0.29, 0.717) is 22.6 Å². The van der Waals surface area contributed by atoms with E-state index in [-0.39, 0.29) is 24.2 Å². The Morgan fingerprint density at radius 2 is 2.04 bits per heavy atom. The molecule has 6 nitrogen and oxygen atoms in total. The molecule has 2 aromatic heterocycles. The molecule has 0 unspecified atom stereocenters. The first-order chi connectivity index (χ1) is 11.5. The summed E-state index contributed by atoms with van der Waals surface area (Å²) in [4.78, 5) is 26.9. The molecule has 24 heavy (non-hydrogen) atoms. The van der Waals surface area contributed by atoms with Crippen LogP contribution in [-0.2, 0) is 13.0 Å². The van der Waals surface area contributed by atoms with Crippen LogP contribution >= 0.6 is 11.3 Å². The van der Waals surface area contributed by atoms with E-state index in [2.05, 4.69) is 19.0 Å². The van der Waals surface area contributed by atoms with Crippen LogP contribution in [0, 0.1) is 0 Å². The molecule has 130 valence electrons. The lowest BCUT2D eigenvalue weighted by Gasteiger charge is -2.29. The molecule has 0 saturated heterocycles. The van der Waals surface area contributed by atoms with Gasteiger partial charge in [-0.25, -0.2) is 0 Å². The van der Waals surface area contributed by atoms with E-state index in [9.17, 15) is 9.59 Å². The number of amides is 2. The average Bonchev–Trinajstić information content (AvgIpc) is 3.23. The van der Waals surface area contributed by atoms with Gasteiger partial charge in [-0.3, -0.25) is 9.59 Å². The van der Waals surface area contributed by atoms with E-state index in [1.54, 1.807) is 4.90 Å². The number of thiophene rings is 1. The highest BCUT2D eigenvalue weighted by atomic mass is 32.1. The van der Waals surface area contributed by atoms with Crippen molar-refractivity contribution in [2.24, 2.45) is 5.73 Å². The summed E-state index contributed by atoms with van der Waals surface area (Å²) >= 11 is 1.42. The molecule has 0 aliphatic heterocycles. The zero-order chi connectivity index (χ0) is 17.7. The van der Waals surface area contributed by atoms with Gasteiger partial charge < -0.3 is 15.2 Å². The van der Waals surface area contributed by atoms with Gasteiger partial charge in [0, 0.05) is 11.6 Å². The minimum Gasteiger partial charge on any atom is -0.364 e. The number of hydrogen-bond donors (Lipinski definition) is 1. The van der Waals surface area contributed by atoms with Crippen molar-refractivity contribution in [1.29, 1.82) is 0 Å². The molecule has 0 radical (unpaired) electrons. The van der Waals surface area contributed by atoms with Gasteiger partial charge in [-0.15, -0.1) is 11.3 Å². The highest BCUT2D eigenvalue weighted by Gasteiger charge is 2.27. The van der Waals surface area contributed by atoms with Gasteiger partial charge in [0.25, 0.3) is 11.8 Å². The molecule has 2 rings (SSSR count). The highest BCUT2D eigenvalue weighted by molar-refractivity contribution is 7.12. The molecule has 2 aromatic rings. The molecule has 0 aliphatic carbocycles. The van der Waals surface area contributed by atoms with Gasteiger partial charge in [0.05, 0.1) is 11.4 Å². The van der Waals surface area contributed by atoms with Gasteiger partial charge in [-0.1, -0.05) is 32.0 Å². The van der Waals surface area contributed by atoms with Crippen LogP contribution in [0.25, 0.3) is 0 Å². The summed E-state index contributed by atoms with van der Waals surface area (Å²) in [5.41, 5.74) is 6.17. The van der Waals surface area contributed by atoms with Crippen LogP contribution in [0.1, 0.15) is 65.1 Å². The zero-order valence-electron chi connectivity index (χ0n) is 14.2. The molecule has 0 fully saturated rings. The molecule has 0 bridgehead atoms. The van der Waals surface area contributed by atoms with E-state index >= 15 is 0 Å². The Morgan fingerprint density at radius 3 is 2.54 bits per heavy atom. The molecule has 2 heterocycles. The van der Waals surface area contributed by atoms with Crippen molar-refractivity contribution in [3.05, 3.63) is 39.4 Å². The van der Waals surface area contributed by atoms with E-state index in [0.717, 1.165) is 12.8 Å². The molecule has 0 spiro atoms. The van der Waals surface area contributed by atoms with Crippen molar-refractivity contribution in [1.82, 2.24) is 10.1 Å². The van der Waals surface area contributed by atoms with Crippen molar-refractivity contribution < 1.29 is 14.1 Å². The van der Waals surface area contributed by atoms with Crippen LogP contribution < -0.4 is 5.73 Å². The summed E-state index contributed by atoms with van der Waals surface area (Å²) in [6.07, 6.45) is 2.25. The highest BCUT2D eigenvalue weighted by Crippen LogP contribution is 2.23. The Hall–Kier alpha value is -2.15. The Bertz CT molecular complexity index is 690. The quantitative estimate of drug-likeness (QED) is 0.792. The number of nitrogens with zero attached hydrogens (tertiary/aromatic N) is 2. The lowest BCUT2D eigenvalue weighted by Crippen LogP contribution is -2.39. The fraction of sp³-hybridized carbons (Fsp3) is 0.471. The van der Waals surface area contributed by atoms with Gasteiger partial charge in [0.2, 0.25) is 0 Å². The van der Waals surface area contributed by atoms with E-state index in [1.807, 2.05) is 24.4 Å². The van der Waals surface area contributed by atoms with Crippen LogP contribution in [0.15, 0.2) is 22.0 Å². The SMILES string of the molecule is CCc1c(C(N)=O)noc1CN(C(=O)c1cccs1)C(CC)CC. The van der Waals surface area contributed by atoms with Crippen molar-refractivity contribution in [3.63, 3.8) is 0 Å². The molecule has 0 aromatic carbocycles. The van der Waals surface area contributed by atoms with Crippen LogP contribution in [0.4, 0.5) is 0 Å². The van der Waals surface area contributed by atoms with E-state index in [4.69, 9.17) is 10.3 Å². The topological polar surface area (TPSA) is 89.4 Å². The van der Waals surface area contributed by atoms with Crippen LogP contribution in [0.5, 0.6) is 0 Å². The van der Waals surface area contributed by atoms with Crippen molar-refractivity contribution >= 4 is 23.2 Å². The fourth-order valence-electron chi connectivity index (χ4n) is 2.82. The van der Waals surface area contributed by atoms with Crippen molar-refractivity contribution in [2.75, 3.05) is 0 Å². The molecular weight excluding hydrogens is 326 g/mol. The lowest BCUT2D eigenvalue weighted by atomic mass is 10.1. The van der Waals surface area contributed by atoms with E-state index < -0.39 is 5.91 Å². The first kappa shape index (κ1) is 18.2. The second-order valence-electron chi connectivity index (χ2n) is 5.53. The maximum atomic E-state index is 12.9. The number of carbonyl (C=O) groups is 2. The third-order valence-electron chi connectivity index (χ3n) is 4.15. The number of primary amides is 1. The Balaban J connectivity index is 2.35. The Morgan fingerprint density at radius 1 is 1.33 bits per heavy atom. The van der Waals surface area contributed by atoms with Crippen LogP contribution in [-0.4, -0.2) is 27.9 Å². The number of nitrogens with two attached hydrogens (primary N) is 1. The molecule has 7 heteroatoms. The number of rotatable bonds is 8. The van der Waals surface area contributed by atoms with Gasteiger partial charge in [0.1, 0.15) is 0 Å². The largest absolute Gasteiger partial charge is 0.364 e. The molecule has 0 aliphatic rings. The number of aromatic nitrogens is 1. The normalized spacial score (nSPS) is 11.0. The lowest BCUT2D eigenvalue weighted by molar-refractivity contribution is 0.0632. The van der Waals surface area contributed by atoms with Crippen LogP contribution in [0.2, 0.25) is 0 Å². The summed E-state index contributed by atoms with van der Waals surface area (Å²) in [5.74, 6) is -0.110. The van der Waals surface area contributed by atoms with Gasteiger partial charge in [-0.05, 0) is 30.7 Å². The summed E-state index contributed by atoms with van der Waals surface area (Å²) in [7, 11) is 0. The summed E-state index contributed by atoms with van der Waals surface area (Å²) in [5, 5.41) is 5.67. The standard InChI is InChI=1S/C17H23N3O3S/c1-4-11(5-2)20(17(22)14-8-7-9-24-14)10-13-12(6-3)15(16(18)21)19-23-13/h7-9,11H,4-6,10H2,1-3H3,(H2,18,21). The third kappa shape index (κ3) is 3.67. The maximum Gasteiger partial charge on any atom is 0.271 e. The Labute approximate surface area is 145 Å². The summed E-state index contributed by atoms with van der Waals surface area (Å²) in [6, 6.07) is 3.77. The first-order valence-corrected chi connectivity index (χ1v) is 9.03. The second kappa shape index (κ2) is 8.10. The minimum absolute atomic E-state index is 0.0298. The molecular formula is C17H23N3O3S. The average molecular weight is 349 g/mol. The maximum absolute atomic E-state index is 12.9. The molecule has 2 N–H and O–H groups in total. The van der Waals surface area contributed by atoms with Crippen LogP contribution in [0.3, 0.4) is 0 Å². The van der Waals surface area contributed by atoms with Gasteiger partial charge in [-0.2, -0.15) is 0 Å². The number of carbonyl (C=O) groups excluding carboxylic acids is 2.